The van der Waals surface area contributed by atoms with E-state index in [4.69, 9.17) is 17.0 Å². The topological polar surface area (TPSA) is 41.6 Å². The number of thiocarbonyl (C=S) groups is 1. The molecule has 2 aromatic rings. The van der Waals surface area contributed by atoms with E-state index in [1.54, 1.807) is 0 Å². The van der Waals surface area contributed by atoms with Gasteiger partial charge in [-0.15, -0.1) is 0 Å². The molecule has 0 aliphatic carbocycles. The largest absolute Gasteiger partial charge is 0.467 e. The smallest absolute Gasteiger partial charge is 0.330 e. The van der Waals surface area contributed by atoms with Crippen LogP contribution < -0.4 is 10.2 Å². The summed E-state index contributed by atoms with van der Waals surface area (Å²) < 4.78 is 4.93. The zero-order chi connectivity index (χ0) is 16.9. The molecule has 122 valence electrons. The summed E-state index contributed by atoms with van der Waals surface area (Å²) in [5, 5.41) is 3.58. The van der Waals surface area contributed by atoms with Crippen LogP contribution in [0.25, 0.3) is 6.08 Å². The second kappa shape index (κ2) is 7.27. The number of hydrogen-bond acceptors (Lipinski definition) is 3. The third kappa shape index (κ3) is 3.31. The molecule has 0 saturated carbocycles. The second-order valence-electron chi connectivity index (χ2n) is 5.42. The molecule has 0 spiro atoms. The quantitative estimate of drug-likeness (QED) is 0.686. The van der Waals surface area contributed by atoms with Crippen LogP contribution >= 0.6 is 12.2 Å². The number of carbonyl (C=O) groups excluding carboxylic acids is 1. The van der Waals surface area contributed by atoms with Gasteiger partial charge in [-0.25, -0.2) is 4.79 Å². The minimum absolute atomic E-state index is 0.257. The minimum atomic E-state index is -0.539. The van der Waals surface area contributed by atoms with Crippen LogP contribution in [0.1, 0.15) is 5.56 Å². The van der Waals surface area contributed by atoms with E-state index >= 15 is 0 Å². The molecule has 2 aromatic carbocycles. The Hall–Kier alpha value is -2.66. The molecule has 24 heavy (non-hydrogen) atoms. The molecule has 2 atom stereocenters. The van der Waals surface area contributed by atoms with Crippen LogP contribution in [0.3, 0.4) is 0 Å². The van der Waals surface area contributed by atoms with Gasteiger partial charge in [0, 0.05) is 5.69 Å². The van der Waals surface area contributed by atoms with Gasteiger partial charge in [0.1, 0.15) is 0 Å². The van der Waals surface area contributed by atoms with Crippen molar-refractivity contribution in [3.05, 3.63) is 72.3 Å². The molecule has 3 rings (SSSR count). The van der Waals surface area contributed by atoms with Gasteiger partial charge in [-0.1, -0.05) is 60.7 Å². The SMILES string of the molecule is COC(=O)C1NC(=S)N(c2ccccc2)C1/C=C/c1ccccc1. The van der Waals surface area contributed by atoms with Crippen LogP contribution in [0.15, 0.2) is 66.7 Å². The molecule has 1 saturated heterocycles. The molecule has 4 nitrogen and oxygen atoms in total. The predicted octanol–water partition coefficient (Wildman–Crippen LogP) is 3.00. The van der Waals surface area contributed by atoms with Crippen molar-refractivity contribution in [2.75, 3.05) is 12.0 Å². The first-order valence-corrected chi connectivity index (χ1v) is 8.07. The highest BCUT2D eigenvalue weighted by atomic mass is 32.1. The molecule has 0 radical (unpaired) electrons. The van der Waals surface area contributed by atoms with E-state index in [1.807, 2.05) is 77.7 Å². The van der Waals surface area contributed by atoms with E-state index in [1.165, 1.54) is 7.11 Å². The van der Waals surface area contributed by atoms with Crippen LogP contribution in [0.5, 0.6) is 0 Å². The highest BCUT2D eigenvalue weighted by Gasteiger charge is 2.41. The molecule has 5 heteroatoms. The van der Waals surface area contributed by atoms with Crippen molar-refractivity contribution in [2.45, 2.75) is 12.1 Å². The molecular formula is C19H18N2O2S. The maximum absolute atomic E-state index is 12.2. The maximum atomic E-state index is 12.2. The highest BCUT2D eigenvalue weighted by molar-refractivity contribution is 7.80. The Labute approximate surface area is 146 Å². The second-order valence-corrected chi connectivity index (χ2v) is 5.80. The molecular weight excluding hydrogens is 320 g/mol. The van der Waals surface area contributed by atoms with Gasteiger partial charge in [-0.05, 0) is 29.9 Å². The molecule has 2 unspecified atom stereocenters. The Bertz CT molecular complexity index is 746. The number of rotatable bonds is 4. The Balaban J connectivity index is 1.95. The van der Waals surface area contributed by atoms with Crippen LogP contribution in [0.2, 0.25) is 0 Å². The number of methoxy groups -OCH3 is 1. The summed E-state index contributed by atoms with van der Waals surface area (Å²) in [4.78, 5) is 14.1. The lowest BCUT2D eigenvalue weighted by atomic mass is 10.1. The summed E-state index contributed by atoms with van der Waals surface area (Å²) in [6, 6.07) is 18.9. The summed E-state index contributed by atoms with van der Waals surface area (Å²) >= 11 is 5.45. The first-order valence-electron chi connectivity index (χ1n) is 7.66. The van der Waals surface area contributed by atoms with Crippen molar-refractivity contribution < 1.29 is 9.53 Å². The van der Waals surface area contributed by atoms with Crippen LogP contribution in [0.4, 0.5) is 5.69 Å². The van der Waals surface area contributed by atoms with Gasteiger partial charge in [0.15, 0.2) is 11.2 Å². The number of anilines is 1. The van der Waals surface area contributed by atoms with Gasteiger partial charge >= 0.3 is 5.97 Å². The number of benzene rings is 2. The van der Waals surface area contributed by atoms with E-state index in [2.05, 4.69) is 5.32 Å². The third-order valence-corrected chi connectivity index (χ3v) is 4.23. The van der Waals surface area contributed by atoms with Crippen molar-refractivity contribution in [3.63, 3.8) is 0 Å². The van der Waals surface area contributed by atoms with Crippen molar-refractivity contribution in [1.29, 1.82) is 0 Å². The summed E-state index contributed by atoms with van der Waals surface area (Å²) in [5.41, 5.74) is 2.00. The van der Waals surface area contributed by atoms with E-state index in [0.29, 0.717) is 5.11 Å². The standard InChI is InChI=1S/C19H18N2O2S/c1-23-18(22)17-16(13-12-14-8-4-2-5-9-14)21(19(24)20-17)15-10-6-3-7-11-15/h2-13,16-17H,1H3,(H,20,24)/b13-12+. The van der Waals surface area contributed by atoms with E-state index < -0.39 is 6.04 Å². The summed E-state index contributed by atoms with van der Waals surface area (Å²) in [7, 11) is 1.39. The highest BCUT2D eigenvalue weighted by Crippen LogP contribution is 2.25. The maximum Gasteiger partial charge on any atom is 0.330 e. The van der Waals surface area contributed by atoms with Crippen molar-refractivity contribution >= 4 is 35.1 Å². The van der Waals surface area contributed by atoms with E-state index in [9.17, 15) is 4.79 Å². The number of nitrogens with one attached hydrogen (secondary N) is 1. The number of nitrogens with zero attached hydrogens (tertiary/aromatic N) is 1. The first-order chi connectivity index (χ1) is 11.7. The molecule has 1 fully saturated rings. The van der Waals surface area contributed by atoms with Gasteiger partial charge in [0.2, 0.25) is 0 Å². The average molecular weight is 338 g/mol. The first kappa shape index (κ1) is 16.2. The lowest BCUT2D eigenvalue weighted by Gasteiger charge is -2.24. The number of hydrogen-bond donors (Lipinski definition) is 1. The molecule has 1 aliphatic rings. The van der Waals surface area contributed by atoms with Crippen LogP contribution in [0, 0.1) is 0 Å². The number of para-hydroxylation sites is 1. The lowest BCUT2D eigenvalue weighted by molar-refractivity contribution is -0.142. The zero-order valence-corrected chi connectivity index (χ0v) is 14.1. The molecule has 1 aliphatic heterocycles. The summed E-state index contributed by atoms with van der Waals surface area (Å²) in [6.45, 7) is 0. The fourth-order valence-corrected chi connectivity index (χ4v) is 3.10. The van der Waals surface area contributed by atoms with E-state index in [-0.39, 0.29) is 12.0 Å². The average Bonchev–Trinajstić information content (AvgIpc) is 2.97. The fourth-order valence-electron chi connectivity index (χ4n) is 2.75. The minimum Gasteiger partial charge on any atom is -0.467 e. The normalized spacial score (nSPS) is 20.2. The van der Waals surface area contributed by atoms with Gasteiger partial charge in [0.25, 0.3) is 0 Å². The van der Waals surface area contributed by atoms with Crippen LogP contribution in [-0.4, -0.2) is 30.3 Å². The monoisotopic (exact) mass is 338 g/mol. The van der Waals surface area contributed by atoms with Crippen LogP contribution in [-0.2, 0) is 9.53 Å². The zero-order valence-electron chi connectivity index (χ0n) is 13.3. The Morgan fingerprint density at radius 3 is 2.38 bits per heavy atom. The molecule has 1 heterocycles. The Kier molecular flexibility index (Phi) is 4.91. The third-order valence-electron chi connectivity index (χ3n) is 3.91. The van der Waals surface area contributed by atoms with Gasteiger partial charge < -0.3 is 15.0 Å². The molecule has 0 bridgehead atoms. The van der Waals surface area contributed by atoms with Gasteiger partial charge in [0.05, 0.1) is 13.2 Å². The van der Waals surface area contributed by atoms with Gasteiger partial charge in [-0.3, -0.25) is 0 Å². The number of ether oxygens (including phenoxy) is 1. The predicted molar refractivity (Wildman–Crippen MR) is 99.7 cm³/mol. The van der Waals surface area contributed by atoms with Crippen molar-refractivity contribution in [1.82, 2.24) is 5.32 Å². The van der Waals surface area contributed by atoms with E-state index in [0.717, 1.165) is 11.3 Å². The Morgan fingerprint density at radius 2 is 1.75 bits per heavy atom. The Morgan fingerprint density at radius 1 is 1.12 bits per heavy atom. The summed E-state index contributed by atoms with van der Waals surface area (Å²) in [6.07, 6.45) is 3.97. The summed E-state index contributed by atoms with van der Waals surface area (Å²) in [5.74, 6) is -0.335. The fraction of sp³-hybridized carbons (Fsp3) is 0.158. The van der Waals surface area contributed by atoms with Crippen molar-refractivity contribution in [3.8, 4) is 0 Å². The molecule has 1 N–H and O–H groups in total. The lowest BCUT2D eigenvalue weighted by Crippen LogP contribution is -2.41. The van der Waals surface area contributed by atoms with Crippen molar-refractivity contribution in [2.24, 2.45) is 0 Å². The molecule has 0 aromatic heterocycles. The number of carbonyl (C=O) groups is 1. The number of esters is 1. The molecule has 0 amide bonds. The van der Waals surface area contributed by atoms with Gasteiger partial charge in [-0.2, -0.15) is 0 Å².